The number of carbonyl (C=O) groups is 1. The van der Waals surface area contributed by atoms with Crippen molar-refractivity contribution in [1.82, 2.24) is 5.32 Å². The number of aliphatic hydroxyl groups is 1. The number of amides is 1. The van der Waals surface area contributed by atoms with Crippen molar-refractivity contribution in [3.8, 4) is 11.1 Å². The van der Waals surface area contributed by atoms with Crippen LogP contribution in [0, 0.1) is 11.6 Å². The van der Waals surface area contributed by atoms with Gasteiger partial charge in [-0.1, -0.05) is 48.0 Å². The minimum atomic E-state index is -0.839. The molecule has 2 aliphatic rings. The lowest BCUT2D eigenvalue weighted by atomic mass is 9.82. The number of carbonyl (C=O) groups excluding carboxylic acids is 1. The minimum absolute atomic E-state index is 0. The monoisotopic (exact) mass is 519 g/mol. The fourth-order valence-corrected chi connectivity index (χ4v) is 5.68. The maximum atomic E-state index is 15.8. The molecule has 2 aliphatic heterocycles. The lowest BCUT2D eigenvalue weighted by Gasteiger charge is -2.45. The molecule has 35 heavy (non-hydrogen) atoms. The first-order valence-corrected chi connectivity index (χ1v) is 11.5. The van der Waals surface area contributed by atoms with Crippen LogP contribution in [0.4, 0.5) is 14.5 Å². The molecule has 1 atom stereocenters. The van der Waals surface area contributed by atoms with Crippen LogP contribution in [0.1, 0.15) is 27.0 Å². The predicted octanol–water partition coefficient (Wildman–Crippen LogP) is 4.20. The van der Waals surface area contributed by atoms with Crippen LogP contribution >= 0.6 is 24.0 Å². The number of anilines is 1. The van der Waals surface area contributed by atoms with Gasteiger partial charge in [0.15, 0.2) is 0 Å². The minimum Gasteiger partial charge on any atom is -0.396 e. The number of primary amides is 1. The summed E-state index contributed by atoms with van der Waals surface area (Å²) in [6, 6.07) is 14.1. The van der Waals surface area contributed by atoms with Crippen LogP contribution in [0.15, 0.2) is 48.5 Å². The van der Waals surface area contributed by atoms with E-state index in [2.05, 4.69) is 10.2 Å². The van der Waals surface area contributed by atoms with Crippen LogP contribution in [-0.4, -0.2) is 37.3 Å². The Morgan fingerprint density at radius 1 is 1.17 bits per heavy atom. The second-order valence-electron chi connectivity index (χ2n) is 8.75. The average Bonchev–Trinajstić information content (AvgIpc) is 3.17. The Bertz CT molecular complexity index is 1290. The summed E-state index contributed by atoms with van der Waals surface area (Å²) in [5.41, 5.74) is 7.58. The van der Waals surface area contributed by atoms with Crippen LogP contribution in [0.25, 0.3) is 11.1 Å². The van der Waals surface area contributed by atoms with E-state index in [1.807, 2.05) is 30.3 Å². The zero-order valence-corrected chi connectivity index (χ0v) is 20.4. The fourth-order valence-electron chi connectivity index (χ4n) is 5.42. The van der Waals surface area contributed by atoms with Crippen molar-refractivity contribution in [1.29, 1.82) is 0 Å². The molecule has 5 nitrogen and oxygen atoms in total. The van der Waals surface area contributed by atoms with Gasteiger partial charge in [0.1, 0.15) is 11.6 Å². The van der Waals surface area contributed by atoms with Gasteiger partial charge in [0.05, 0.1) is 10.6 Å². The molecule has 1 saturated heterocycles. The first-order chi connectivity index (χ1) is 16.4. The van der Waals surface area contributed by atoms with Crippen LogP contribution in [0.5, 0.6) is 0 Å². The van der Waals surface area contributed by atoms with Crippen molar-refractivity contribution < 1.29 is 18.7 Å². The van der Waals surface area contributed by atoms with Gasteiger partial charge < -0.3 is 21.1 Å². The Morgan fingerprint density at radius 3 is 2.60 bits per heavy atom. The summed E-state index contributed by atoms with van der Waals surface area (Å²) in [7, 11) is 0. The summed E-state index contributed by atoms with van der Waals surface area (Å²) in [5.74, 6) is -2.26. The number of aliphatic hydroxyl groups excluding tert-OH is 1. The highest BCUT2D eigenvalue weighted by Crippen LogP contribution is 2.52. The number of halogens is 4. The Balaban J connectivity index is 0.00000289. The number of fused-ring (bicyclic) bond motifs is 3. The van der Waals surface area contributed by atoms with Gasteiger partial charge in [0, 0.05) is 55.0 Å². The van der Waals surface area contributed by atoms with Crippen molar-refractivity contribution in [2.24, 2.45) is 5.73 Å². The highest BCUT2D eigenvalue weighted by Gasteiger charge is 2.48. The van der Waals surface area contributed by atoms with Gasteiger partial charge in [-0.05, 0) is 35.2 Å². The first-order valence-electron chi connectivity index (χ1n) is 11.2. The van der Waals surface area contributed by atoms with Crippen LogP contribution in [-0.2, 0) is 18.4 Å². The molecule has 0 saturated carbocycles. The zero-order valence-electron chi connectivity index (χ0n) is 18.8. The topological polar surface area (TPSA) is 78.6 Å². The van der Waals surface area contributed by atoms with Gasteiger partial charge in [-0.15, -0.1) is 12.4 Å². The second kappa shape index (κ2) is 9.74. The van der Waals surface area contributed by atoms with Crippen molar-refractivity contribution in [2.45, 2.75) is 18.4 Å². The van der Waals surface area contributed by atoms with E-state index < -0.39 is 23.1 Å². The summed E-state index contributed by atoms with van der Waals surface area (Å²) in [5, 5.41) is 12.6. The van der Waals surface area contributed by atoms with E-state index >= 15 is 8.78 Å². The summed E-state index contributed by atoms with van der Waals surface area (Å²) >= 11 is 6.50. The van der Waals surface area contributed by atoms with Crippen molar-refractivity contribution in [2.75, 3.05) is 31.1 Å². The first kappa shape index (κ1) is 25.4. The Hall–Kier alpha value is -2.71. The lowest BCUT2D eigenvalue weighted by Crippen LogP contribution is -2.57. The number of piperazine rings is 1. The molecular weight excluding hydrogens is 495 g/mol. The summed E-state index contributed by atoms with van der Waals surface area (Å²) < 4.78 is 31.1. The van der Waals surface area contributed by atoms with E-state index in [4.69, 9.17) is 17.3 Å². The van der Waals surface area contributed by atoms with E-state index in [9.17, 15) is 9.90 Å². The SMILES string of the molecule is Cl.NC(=O)c1ccc(CCO)c(F)c1-c1c(Cl)c(F)cc2c1CC1(c3ccccc3)CNCCN21. The second-order valence-corrected chi connectivity index (χ2v) is 9.12. The summed E-state index contributed by atoms with van der Waals surface area (Å²) in [6.45, 7) is 1.66. The van der Waals surface area contributed by atoms with Gasteiger partial charge >= 0.3 is 0 Å². The van der Waals surface area contributed by atoms with Crippen LogP contribution < -0.4 is 16.0 Å². The molecule has 0 bridgehead atoms. The number of nitrogens with zero attached hydrogens (tertiary/aromatic N) is 1. The normalized spacial score (nSPS) is 18.6. The summed E-state index contributed by atoms with van der Waals surface area (Å²) in [6.07, 6.45) is 0.480. The third-order valence-corrected chi connectivity index (χ3v) is 7.31. The van der Waals surface area contributed by atoms with Crippen molar-refractivity contribution >= 4 is 35.6 Å². The number of rotatable bonds is 5. The molecule has 4 N–H and O–H groups in total. The lowest BCUT2D eigenvalue weighted by molar-refractivity contribution is 0.100. The van der Waals surface area contributed by atoms with E-state index in [1.54, 1.807) is 0 Å². The highest BCUT2D eigenvalue weighted by molar-refractivity contribution is 6.34. The van der Waals surface area contributed by atoms with Crippen molar-refractivity contribution in [3.63, 3.8) is 0 Å². The van der Waals surface area contributed by atoms with Gasteiger partial charge in [-0.25, -0.2) is 8.78 Å². The van der Waals surface area contributed by atoms with Crippen molar-refractivity contribution in [3.05, 3.63) is 87.4 Å². The highest BCUT2D eigenvalue weighted by atomic mass is 35.5. The largest absolute Gasteiger partial charge is 0.396 e. The molecule has 2 heterocycles. The molecule has 0 radical (unpaired) electrons. The number of nitrogens with one attached hydrogen (secondary N) is 1. The van der Waals surface area contributed by atoms with Crippen LogP contribution in [0.2, 0.25) is 5.02 Å². The maximum Gasteiger partial charge on any atom is 0.249 e. The Kier molecular flexibility index (Phi) is 7.06. The molecule has 0 spiro atoms. The number of nitrogens with two attached hydrogens (primary N) is 1. The van der Waals surface area contributed by atoms with Gasteiger partial charge in [-0.3, -0.25) is 4.79 Å². The molecule has 0 aromatic heterocycles. The van der Waals surface area contributed by atoms with E-state index in [0.29, 0.717) is 37.3 Å². The van der Waals surface area contributed by atoms with Gasteiger partial charge in [0.25, 0.3) is 0 Å². The number of hydrogen-bond acceptors (Lipinski definition) is 4. The molecule has 1 fully saturated rings. The fraction of sp³-hybridized carbons (Fsp3) is 0.269. The molecular formula is C26H25Cl2F2N3O2. The Labute approximate surface area is 213 Å². The molecule has 3 aromatic rings. The molecule has 9 heteroatoms. The summed E-state index contributed by atoms with van der Waals surface area (Å²) in [4.78, 5) is 14.4. The molecule has 0 aliphatic carbocycles. The smallest absolute Gasteiger partial charge is 0.249 e. The Morgan fingerprint density at radius 2 is 1.91 bits per heavy atom. The molecule has 3 aromatic carbocycles. The zero-order chi connectivity index (χ0) is 24.0. The number of hydrogen-bond donors (Lipinski definition) is 3. The van der Waals surface area contributed by atoms with E-state index in [0.717, 1.165) is 5.56 Å². The van der Waals surface area contributed by atoms with E-state index in [-0.39, 0.29) is 52.7 Å². The molecule has 184 valence electrons. The third-order valence-electron chi connectivity index (χ3n) is 6.94. The molecule has 5 rings (SSSR count). The molecule has 1 unspecified atom stereocenters. The maximum absolute atomic E-state index is 15.8. The quantitative estimate of drug-likeness (QED) is 0.472. The van der Waals surface area contributed by atoms with Gasteiger partial charge in [0.2, 0.25) is 5.91 Å². The standard InChI is InChI=1S/C26H24ClF2N3O2.ClH/c27-23-19(28)12-20-18(13-26(14-31-9-10-32(20)26)16-4-2-1-3-5-16)21(23)22-17(25(30)34)7-6-15(8-11-33)24(22)29;/h1-7,12,31,33H,8-11,13-14H2,(H2,30,34);1H. The number of benzene rings is 3. The molecule has 1 amide bonds. The van der Waals surface area contributed by atoms with Crippen LogP contribution in [0.3, 0.4) is 0 Å². The van der Waals surface area contributed by atoms with Gasteiger partial charge in [-0.2, -0.15) is 0 Å². The average molecular weight is 520 g/mol. The van der Waals surface area contributed by atoms with E-state index in [1.165, 1.54) is 18.2 Å². The predicted molar refractivity (Wildman–Crippen MR) is 135 cm³/mol. The third kappa shape index (κ3) is 3.96.